The standard InChI is InChI=1S/C20H20F3NO2/c1-25-18-8-3-2-5-15(18)19-14-7-4-6-13(14)16-11-12(26-20(21,22)23)9-10-17(16)24-19/h2-3,5,8-11,13-14,19,24H,4,6-7H2,1H3. The van der Waals surface area contributed by atoms with Crippen molar-refractivity contribution >= 4 is 5.69 Å². The molecule has 3 atom stereocenters. The molecule has 1 saturated carbocycles. The Balaban J connectivity index is 1.72. The molecule has 6 heteroatoms. The van der Waals surface area contributed by atoms with Gasteiger partial charge in [0, 0.05) is 11.3 Å². The van der Waals surface area contributed by atoms with E-state index in [4.69, 9.17) is 4.74 Å². The number of hydrogen-bond acceptors (Lipinski definition) is 3. The lowest BCUT2D eigenvalue weighted by atomic mass is 9.77. The van der Waals surface area contributed by atoms with Crippen LogP contribution in [0.1, 0.15) is 42.3 Å². The molecule has 1 fully saturated rings. The average Bonchev–Trinajstić information content (AvgIpc) is 3.10. The van der Waals surface area contributed by atoms with E-state index in [1.165, 1.54) is 12.1 Å². The third kappa shape index (κ3) is 3.08. The van der Waals surface area contributed by atoms with Crippen molar-refractivity contribution in [2.45, 2.75) is 37.6 Å². The van der Waals surface area contributed by atoms with Crippen molar-refractivity contribution < 1.29 is 22.6 Å². The molecule has 0 amide bonds. The molecule has 0 radical (unpaired) electrons. The normalized spacial score (nSPS) is 24.4. The van der Waals surface area contributed by atoms with Crippen molar-refractivity contribution in [3.05, 3.63) is 53.6 Å². The number of nitrogens with one attached hydrogen (secondary N) is 1. The molecular formula is C20H20F3NO2. The van der Waals surface area contributed by atoms with Crippen LogP contribution < -0.4 is 14.8 Å². The first-order valence-electron chi connectivity index (χ1n) is 8.75. The molecule has 4 rings (SSSR count). The topological polar surface area (TPSA) is 30.5 Å². The summed E-state index contributed by atoms with van der Waals surface area (Å²) >= 11 is 0. The second kappa shape index (κ2) is 6.41. The Morgan fingerprint density at radius 3 is 2.62 bits per heavy atom. The summed E-state index contributed by atoms with van der Waals surface area (Å²) < 4.78 is 47.3. The van der Waals surface area contributed by atoms with Crippen molar-refractivity contribution in [3.8, 4) is 11.5 Å². The summed E-state index contributed by atoms with van der Waals surface area (Å²) in [4.78, 5) is 0. The Morgan fingerprint density at radius 2 is 1.85 bits per heavy atom. The van der Waals surface area contributed by atoms with E-state index in [9.17, 15) is 13.2 Å². The maximum atomic E-state index is 12.6. The second-order valence-corrected chi connectivity index (χ2v) is 6.86. The molecule has 2 aliphatic rings. The fraction of sp³-hybridized carbons (Fsp3) is 0.400. The quantitative estimate of drug-likeness (QED) is 0.765. The summed E-state index contributed by atoms with van der Waals surface area (Å²) in [7, 11) is 1.66. The number of methoxy groups -OCH3 is 1. The first-order chi connectivity index (χ1) is 12.5. The summed E-state index contributed by atoms with van der Waals surface area (Å²) in [5.74, 6) is 1.22. The average molecular weight is 363 g/mol. The summed E-state index contributed by atoms with van der Waals surface area (Å²) in [5.41, 5.74) is 2.88. The van der Waals surface area contributed by atoms with Gasteiger partial charge in [0.2, 0.25) is 0 Å². The molecule has 0 spiro atoms. The van der Waals surface area contributed by atoms with Gasteiger partial charge in [-0.3, -0.25) is 0 Å². The number of anilines is 1. The second-order valence-electron chi connectivity index (χ2n) is 6.86. The minimum absolute atomic E-state index is 0.0838. The number of halogens is 3. The molecule has 2 aromatic carbocycles. The van der Waals surface area contributed by atoms with Gasteiger partial charge in [-0.05, 0) is 54.5 Å². The molecule has 0 saturated heterocycles. The Morgan fingerprint density at radius 1 is 1.04 bits per heavy atom. The lowest BCUT2D eigenvalue weighted by Crippen LogP contribution is -2.29. The van der Waals surface area contributed by atoms with Crippen LogP contribution in [-0.2, 0) is 0 Å². The van der Waals surface area contributed by atoms with Gasteiger partial charge < -0.3 is 14.8 Å². The molecule has 1 aliphatic heterocycles. The van der Waals surface area contributed by atoms with E-state index < -0.39 is 6.36 Å². The summed E-state index contributed by atoms with van der Waals surface area (Å²) in [6.07, 6.45) is -1.61. The smallest absolute Gasteiger partial charge is 0.496 e. The SMILES string of the molecule is COc1ccccc1C1Nc2ccc(OC(F)(F)F)cc2C2CCCC21. The number of fused-ring (bicyclic) bond motifs is 3. The lowest BCUT2D eigenvalue weighted by Gasteiger charge is -2.38. The summed E-state index contributed by atoms with van der Waals surface area (Å²) in [6, 6.07) is 12.6. The Kier molecular flexibility index (Phi) is 4.21. The van der Waals surface area contributed by atoms with Gasteiger partial charge in [-0.1, -0.05) is 24.6 Å². The van der Waals surface area contributed by atoms with Gasteiger partial charge >= 0.3 is 6.36 Å². The van der Waals surface area contributed by atoms with Gasteiger partial charge in [-0.15, -0.1) is 13.2 Å². The van der Waals surface area contributed by atoms with Crippen LogP contribution in [-0.4, -0.2) is 13.5 Å². The highest BCUT2D eigenvalue weighted by atomic mass is 19.4. The predicted octanol–water partition coefficient (Wildman–Crippen LogP) is 5.64. The fourth-order valence-electron chi connectivity index (χ4n) is 4.46. The number of para-hydroxylation sites is 1. The third-order valence-corrected chi connectivity index (χ3v) is 5.44. The molecule has 0 aromatic heterocycles. The monoisotopic (exact) mass is 363 g/mol. The molecule has 3 nitrogen and oxygen atoms in total. The van der Waals surface area contributed by atoms with Gasteiger partial charge in [0.05, 0.1) is 13.2 Å². The number of ether oxygens (including phenoxy) is 2. The van der Waals surface area contributed by atoms with Crippen molar-refractivity contribution in [2.24, 2.45) is 5.92 Å². The predicted molar refractivity (Wildman–Crippen MR) is 92.6 cm³/mol. The van der Waals surface area contributed by atoms with E-state index in [-0.39, 0.29) is 17.7 Å². The van der Waals surface area contributed by atoms with Crippen LogP contribution in [0.2, 0.25) is 0 Å². The summed E-state index contributed by atoms with van der Waals surface area (Å²) in [5, 5.41) is 3.53. The first kappa shape index (κ1) is 17.1. The van der Waals surface area contributed by atoms with Crippen LogP contribution >= 0.6 is 0 Å². The van der Waals surface area contributed by atoms with Crippen molar-refractivity contribution in [1.82, 2.24) is 0 Å². The van der Waals surface area contributed by atoms with Gasteiger partial charge in [-0.25, -0.2) is 0 Å². The van der Waals surface area contributed by atoms with Crippen molar-refractivity contribution in [3.63, 3.8) is 0 Å². The highest BCUT2D eigenvalue weighted by Crippen LogP contribution is 2.54. The number of benzene rings is 2. The molecule has 2 aromatic rings. The lowest BCUT2D eigenvalue weighted by molar-refractivity contribution is -0.274. The zero-order chi connectivity index (χ0) is 18.3. The van der Waals surface area contributed by atoms with E-state index in [0.717, 1.165) is 41.8 Å². The van der Waals surface area contributed by atoms with Crippen LogP contribution in [0.5, 0.6) is 11.5 Å². The Hall–Kier alpha value is -2.37. The maximum Gasteiger partial charge on any atom is 0.573 e. The number of rotatable bonds is 3. The number of hydrogen-bond donors (Lipinski definition) is 1. The summed E-state index contributed by atoms with van der Waals surface area (Å²) in [6.45, 7) is 0. The molecule has 3 unspecified atom stereocenters. The van der Waals surface area contributed by atoms with E-state index in [2.05, 4.69) is 16.1 Å². The maximum absolute atomic E-state index is 12.6. The van der Waals surface area contributed by atoms with Crippen LogP contribution in [0.15, 0.2) is 42.5 Å². The van der Waals surface area contributed by atoms with E-state index in [0.29, 0.717) is 5.92 Å². The molecule has 1 aliphatic carbocycles. The zero-order valence-corrected chi connectivity index (χ0v) is 14.3. The Labute approximate surface area is 150 Å². The van der Waals surface area contributed by atoms with Gasteiger partial charge in [0.1, 0.15) is 11.5 Å². The number of alkyl halides is 3. The molecule has 138 valence electrons. The Bertz CT molecular complexity index is 806. The minimum Gasteiger partial charge on any atom is -0.496 e. The van der Waals surface area contributed by atoms with Crippen LogP contribution in [0, 0.1) is 5.92 Å². The molecular weight excluding hydrogens is 343 g/mol. The van der Waals surface area contributed by atoms with Crippen LogP contribution in [0.25, 0.3) is 0 Å². The van der Waals surface area contributed by atoms with E-state index >= 15 is 0 Å². The molecule has 26 heavy (non-hydrogen) atoms. The van der Waals surface area contributed by atoms with Gasteiger partial charge in [0.15, 0.2) is 0 Å². The van der Waals surface area contributed by atoms with Gasteiger partial charge in [-0.2, -0.15) is 0 Å². The highest BCUT2D eigenvalue weighted by Gasteiger charge is 2.41. The van der Waals surface area contributed by atoms with Crippen molar-refractivity contribution in [1.29, 1.82) is 0 Å². The zero-order valence-electron chi connectivity index (χ0n) is 14.3. The first-order valence-corrected chi connectivity index (χ1v) is 8.75. The van der Waals surface area contributed by atoms with E-state index in [1.807, 2.05) is 18.2 Å². The molecule has 0 bridgehead atoms. The third-order valence-electron chi connectivity index (χ3n) is 5.44. The fourth-order valence-corrected chi connectivity index (χ4v) is 4.46. The molecule has 1 heterocycles. The van der Waals surface area contributed by atoms with Crippen LogP contribution in [0.4, 0.5) is 18.9 Å². The minimum atomic E-state index is -4.68. The highest BCUT2D eigenvalue weighted by molar-refractivity contribution is 5.61. The van der Waals surface area contributed by atoms with Gasteiger partial charge in [0.25, 0.3) is 0 Å². The van der Waals surface area contributed by atoms with Crippen LogP contribution in [0.3, 0.4) is 0 Å². The largest absolute Gasteiger partial charge is 0.573 e. The molecule has 1 N–H and O–H groups in total. The van der Waals surface area contributed by atoms with Crippen molar-refractivity contribution in [2.75, 3.05) is 12.4 Å². The van der Waals surface area contributed by atoms with E-state index in [1.54, 1.807) is 13.2 Å².